The van der Waals surface area contributed by atoms with Crippen molar-refractivity contribution < 1.29 is 9.47 Å². The van der Waals surface area contributed by atoms with Crippen LogP contribution in [0.1, 0.15) is 43.2 Å². The number of ether oxygens (including phenoxy) is 2. The molecule has 0 aliphatic carbocycles. The minimum atomic E-state index is 0.0176. The van der Waals surface area contributed by atoms with Crippen molar-refractivity contribution in [2.75, 3.05) is 46.5 Å². The number of aliphatic imine (C=N–C) groups is 1. The maximum Gasteiger partial charge on any atom is 0.193 e. The lowest BCUT2D eigenvalue weighted by atomic mass is 9.74. The second-order valence-electron chi connectivity index (χ2n) is 8.63. The third-order valence-corrected chi connectivity index (χ3v) is 6.78. The van der Waals surface area contributed by atoms with Crippen molar-refractivity contribution >= 4 is 5.96 Å². The third-order valence-electron chi connectivity index (χ3n) is 6.78. The van der Waals surface area contributed by atoms with E-state index in [4.69, 9.17) is 14.5 Å². The lowest BCUT2D eigenvalue weighted by Gasteiger charge is -2.37. The number of rotatable bonds is 6. The molecule has 4 rings (SSSR count). The van der Waals surface area contributed by atoms with Crippen LogP contribution in [0.2, 0.25) is 0 Å². The Morgan fingerprint density at radius 3 is 2.55 bits per heavy atom. The van der Waals surface area contributed by atoms with Crippen LogP contribution in [0, 0.1) is 0 Å². The summed E-state index contributed by atoms with van der Waals surface area (Å²) in [4.78, 5) is 7.62. The maximum absolute atomic E-state index is 5.71. The molecule has 0 bridgehead atoms. The van der Waals surface area contributed by atoms with Gasteiger partial charge in [0.1, 0.15) is 5.75 Å². The van der Waals surface area contributed by atoms with Crippen LogP contribution in [0.3, 0.4) is 0 Å². The molecule has 1 unspecified atom stereocenters. The van der Waals surface area contributed by atoms with Crippen LogP contribution in [-0.4, -0.2) is 57.4 Å². The molecule has 1 atom stereocenters. The van der Waals surface area contributed by atoms with E-state index >= 15 is 0 Å². The van der Waals surface area contributed by atoms with Gasteiger partial charge in [0.2, 0.25) is 0 Å². The summed E-state index contributed by atoms with van der Waals surface area (Å²) in [5, 5.41) is 3.55. The molecule has 5 heteroatoms. The predicted molar refractivity (Wildman–Crippen MR) is 126 cm³/mol. The Morgan fingerprint density at radius 1 is 1.13 bits per heavy atom. The van der Waals surface area contributed by atoms with Crippen molar-refractivity contribution in [3.8, 4) is 5.75 Å². The average molecular weight is 422 g/mol. The quantitative estimate of drug-likeness (QED) is 0.561. The summed E-state index contributed by atoms with van der Waals surface area (Å²) < 4.78 is 11.1. The summed E-state index contributed by atoms with van der Waals surface area (Å²) >= 11 is 0. The van der Waals surface area contributed by atoms with E-state index in [1.807, 2.05) is 0 Å². The molecule has 0 spiro atoms. The Kier molecular flexibility index (Phi) is 7.13. The standard InChI is InChI=1S/C26H35N3O2/c1-3-27-25(29-16-13-22(19-29)21-7-5-4-6-8-21)28-20-26(14-17-31-18-15-26)23-9-11-24(30-2)12-10-23/h4-12,22H,3,13-20H2,1-2H3,(H,27,28). The van der Waals surface area contributed by atoms with Gasteiger partial charge in [0, 0.05) is 44.2 Å². The fraction of sp³-hybridized carbons (Fsp3) is 0.500. The number of benzene rings is 2. The fourth-order valence-electron chi connectivity index (χ4n) is 4.85. The van der Waals surface area contributed by atoms with Gasteiger partial charge in [-0.2, -0.15) is 0 Å². The number of likely N-dealkylation sites (tertiary alicyclic amines) is 1. The largest absolute Gasteiger partial charge is 0.497 e. The van der Waals surface area contributed by atoms with Crippen LogP contribution in [0.5, 0.6) is 5.75 Å². The van der Waals surface area contributed by atoms with E-state index in [1.165, 1.54) is 17.5 Å². The van der Waals surface area contributed by atoms with Crippen molar-refractivity contribution in [2.24, 2.45) is 4.99 Å². The van der Waals surface area contributed by atoms with Crippen LogP contribution < -0.4 is 10.1 Å². The van der Waals surface area contributed by atoms with Gasteiger partial charge >= 0.3 is 0 Å². The minimum Gasteiger partial charge on any atom is -0.497 e. The van der Waals surface area contributed by atoms with E-state index in [0.29, 0.717) is 5.92 Å². The smallest absolute Gasteiger partial charge is 0.193 e. The van der Waals surface area contributed by atoms with Gasteiger partial charge in [-0.1, -0.05) is 42.5 Å². The molecule has 31 heavy (non-hydrogen) atoms. The van der Waals surface area contributed by atoms with Gasteiger partial charge in [-0.15, -0.1) is 0 Å². The second kappa shape index (κ2) is 10.2. The molecule has 2 aromatic carbocycles. The first-order valence-electron chi connectivity index (χ1n) is 11.5. The first kappa shape index (κ1) is 21.7. The zero-order valence-corrected chi connectivity index (χ0v) is 18.8. The van der Waals surface area contributed by atoms with Crippen LogP contribution in [0.25, 0.3) is 0 Å². The number of guanidine groups is 1. The summed E-state index contributed by atoms with van der Waals surface area (Å²) in [6, 6.07) is 19.4. The van der Waals surface area contributed by atoms with Crippen molar-refractivity contribution in [1.29, 1.82) is 0 Å². The van der Waals surface area contributed by atoms with E-state index < -0.39 is 0 Å². The molecule has 0 radical (unpaired) electrons. The summed E-state index contributed by atoms with van der Waals surface area (Å²) in [7, 11) is 1.71. The Morgan fingerprint density at radius 2 is 1.87 bits per heavy atom. The second-order valence-corrected chi connectivity index (χ2v) is 8.63. The SMILES string of the molecule is CCNC(=NCC1(c2ccc(OC)cc2)CCOCC1)N1CCC(c2ccccc2)C1. The summed E-state index contributed by atoms with van der Waals surface area (Å²) in [6.07, 6.45) is 3.16. The minimum absolute atomic E-state index is 0.0176. The number of nitrogens with zero attached hydrogens (tertiary/aromatic N) is 2. The number of hydrogen-bond donors (Lipinski definition) is 1. The van der Waals surface area contributed by atoms with E-state index in [9.17, 15) is 0 Å². The number of methoxy groups -OCH3 is 1. The van der Waals surface area contributed by atoms with Crippen molar-refractivity contribution in [2.45, 2.75) is 37.5 Å². The van der Waals surface area contributed by atoms with Gasteiger partial charge in [0.15, 0.2) is 5.96 Å². The zero-order valence-electron chi connectivity index (χ0n) is 18.8. The van der Waals surface area contributed by atoms with Gasteiger partial charge in [0.05, 0.1) is 13.7 Å². The van der Waals surface area contributed by atoms with Crippen LogP contribution >= 0.6 is 0 Å². The Hall–Kier alpha value is -2.53. The van der Waals surface area contributed by atoms with Crippen molar-refractivity contribution in [3.63, 3.8) is 0 Å². The summed E-state index contributed by atoms with van der Waals surface area (Å²) in [5.41, 5.74) is 2.78. The fourth-order valence-corrected chi connectivity index (χ4v) is 4.85. The predicted octanol–water partition coefficient (Wildman–Crippen LogP) is 4.20. The topological polar surface area (TPSA) is 46.1 Å². The monoisotopic (exact) mass is 421 g/mol. The van der Waals surface area contributed by atoms with E-state index in [1.54, 1.807) is 7.11 Å². The van der Waals surface area contributed by atoms with Crippen LogP contribution in [0.4, 0.5) is 0 Å². The Bertz CT molecular complexity index is 845. The Balaban J connectivity index is 1.52. The molecule has 0 saturated carbocycles. The van der Waals surface area contributed by atoms with E-state index in [2.05, 4.69) is 71.7 Å². The van der Waals surface area contributed by atoms with Gasteiger partial charge < -0.3 is 19.7 Å². The number of nitrogens with one attached hydrogen (secondary N) is 1. The average Bonchev–Trinajstić information content (AvgIpc) is 3.33. The molecule has 2 saturated heterocycles. The summed E-state index contributed by atoms with van der Waals surface area (Å²) in [6.45, 7) is 7.45. The lowest BCUT2D eigenvalue weighted by molar-refractivity contribution is 0.0530. The molecule has 1 N–H and O–H groups in total. The molecular weight excluding hydrogens is 386 g/mol. The highest BCUT2D eigenvalue weighted by Crippen LogP contribution is 2.36. The van der Waals surface area contributed by atoms with Gasteiger partial charge in [0.25, 0.3) is 0 Å². The Labute approximate surface area is 186 Å². The molecule has 5 nitrogen and oxygen atoms in total. The number of hydrogen-bond acceptors (Lipinski definition) is 3. The molecule has 0 aromatic heterocycles. The lowest BCUT2D eigenvalue weighted by Crippen LogP contribution is -2.42. The molecule has 0 amide bonds. The molecule has 2 aliphatic heterocycles. The highest BCUT2D eigenvalue weighted by Gasteiger charge is 2.35. The first-order valence-corrected chi connectivity index (χ1v) is 11.5. The van der Waals surface area contributed by atoms with Crippen molar-refractivity contribution in [1.82, 2.24) is 10.2 Å². The zero-order chi connectivity index (χ0) is 21.5. The van der Waals surface area contributed by atoms with E-state index in [0.717, 1.165) is 63.9 Å². The van der Waals surface area contributed by atoms with Gasteiger partial charge in [-0.25, -0.2) is 0 Å². The molecule has 2 aliphatic rings. The molecule has 2 heterocycles. The third kappa shape index (κ3) is 5.04. The molecular formula is C26H35N3O2. The van der Waals surface area contributed by atoms with Gasteiger partial charge in [-0.3, -0.25) is 4.99 Å². The molecule has 2 aromatic rings. The normalized spacial score (nSPS) is 21.2. The van der Waals surface area contributed by atoms with E-state index in [-0.39, 0.29) is 5.41 Å². The maximum atomic E-state index is 5.71. The first-order chi connectivity index (χ1) is 15.2. The van der Waals surface area contributed by atoms with Crippen LogP contribution in [0.15, 0.2) is 59.6 Å². The van der Waals surface area contributed by atoms with Gasteiger partial charge in [-0.05, 0) is 49.4 Å². The van der Waals surface area contributed by atoms with Crippen LogP contribution in [-0.2, 0) is 10.2 Å². The molecule has 166 valence electrons. The van der Waals surface area contributed by atoms with Crippen molar-refractivity contribution in [3.05, 3.63) is 65.7 Å². The molecule has 2 fully saturated rings. The highest BCUT2D eigenvalue weighted by molar-refractivity contribution is 5.80. The highest BCUT2D eigenvalue weighted by atomic mass is 16.5. The summed E-state index contributed by atoms with van der Waals surface area (Å²) in [5.74, 6) is 2.51.